The third kappa shape index (κ3) is 3.52. The molecule has 5 heteroatoms. The standard InChI is InChI=1S/C26H24N4O/c1-3-19(4-2-18(1)17-30-9-11-31-12-10-30)22-14-23-24(16-29-26(23)28-15-22)20-5-6-25-21(13-20)7-8-27-25/h1-8,13-16,27H,9-12,17H2,(H,28,29). The third-order valence-electron chi connectivity index (χ3n) is 6.19. The Morgan fingerprint density at radius 3 is 2.58 bits per heavy atom. The minimum absolute atomic E-state index is 0.833. The van der Waals surface area contributed by atoms with E-state index >= 15 is 0 Å². The van der Waals surface area contributed by atoms with Crippen molar-refractivity contribution in [1.29, 1.82) is 0 Å². The van der Waals surface area contributed by atoms with Crippen molar-refractivity contribution in [3.8, 4) is 22.3 Å². The Labute approximate surface area is 180 Å². The van der Waals surface area contributed by atoms with E-state index in [-0.39, 0.29) is 0 Å². The SMILES string of the molecule is c1cc2cc(-c3c[nH]c4ncc(-c5ccc(CN6CCOCC6)cc5)cc34)ccc2[nH]1. The summed E-state index contributed by atoms with van der Waals surface area (Å²) in [6, 6.07) is 19.7. The van der Waals surface area contributed by atoms with Gasteiger partial charge in [-0.2, -0.15) is 0 Å². The van der Waals surface area contributed by atoms with E-state index in [4.69, 9.17) is 4.74 Å². The van der Waals surface area contributed by atoms with E-state index in [0.29, 0.717) is 0 Å². The molecular weight excluding hydrogens is 384 g/mol. The van der Waals surface area contributed by atoms with E-state index in [1.54, 1.807) is 0 Å². The first kappa shape index (κ1) is 18.4. The predicted molar refractivity (Wildman–Crippen MR) is 125 cm³/mol. The first-order valence-corrected chi connectivity index (χ1v) is 10.8. The second-order valence-electron chi connectivity index (χ2n) is 8.19. The molecule has 31 heavy (non-hydrogen) atoms. The molecule has 1 aliphatic rings. The highest BCUT2D eigenvalue weighted by atomic mass is 16.5. The van der Waals surface area contributed by atoms with Crippen molar-refractivity contribution < 1.29 is 4.74 Å². The van der Waals surface area contributed by atoms with Crippen molar-refractivity contribution in [2.24, 2.45) is 0 Å². The lowest BCUT2D eigenvalue weighted by atomic mass is 10.0. The lowest BCUT2D eigenvalue weighted by Gasteiger charge is -2.26. The van der Waals surface area contributed by atoms with E-state index in [9.17, 15) is 0 Å². The molecule has 2 aromatic carbocycles. The van der Waals surface area contributed by atoms with Gasteiger partial charge in [-0.3, -0.25) is 4.90 Å². The summed E-state index contributed by atoms with van der Waals surface area (Å²) in [5.74, 6) is 0. The van der Waals surface area contributed by atoms with Crippen LogP contribution in [0.5, 0.6) is 0 Å². The number of aromatic nitrogens is 3. The summed E-state index contributed by atoms with van der Waals surface area (Å²) in [6.45, 7) is 4.66. The molecule has 5 nitrogen and oxygen atoms in total. The summed E-state index contributed by atoms with van der Waals surface area (Å²) in [5.41, 5.74) is 8.09. The lowest BCUT2D eigenvalue weighted by Crippen LogP contribution is -2.35. The van der Waals surface area contributed by atoms with Crippen LogP contribution in [0.25, 0.3) is 44.2 Å². The Morgan fingerprint density at radius 2 is 1.71 bits per heavy atom. The Morgan fingerprint density at radius 1 is 0.871 bits per heavy atom. The molecule has 0 saturated carbocycles. The van der Waals surface area contributed by atoms with Crippen LogP contribution >= 0.6 is 0 Å². The number of nitrogens with one attached hydrogen (secondary N) is 2. The highest BCUT2D eigenvalue weighted by Crippen LogP contribution is 2.32. The maximum absolute atomic E-state index is 5.45. The van der Waals surface area contributed by atoms with Gasteiger partial charge < -0.3 is 14.7 Å². The monoisotopic (exact) mass is 408 g/mol. The molecule has 1 aliphatic heterocycles. The maximum Gasteiger partial charge on any atom is 0.137 e. The molecule has 1 saturated heterocycles. The summed E-state index contributed by atoms with van der Waals surface area (Å²) < 4.78 is 5.45. The fourth-order valence-electron chi connectivity index (χ4n) is 4.44. The van der Waals surface area contributed by atoms with Crippen LogP contribution in [-0.2, 0) is 11.3 Å². The van der Waals surface area contributed by atoms with E-state index in [1.807, 2.05) is 12.4 Å². The number of aromatic amines is 2. The largest absolute Gasteiger partial charge is 0.379 e. The van der Waals surface area contributed by atoms with Crippen LogP contribution in [-0.4, -0.2) is 46.2 Å². The first-order chi connectivity index (χ1) is 15.3. The van der Waals surface area contributed by atoms with Crippen molar-refractivity contribution in [3.63, 3.8) is 0 Å². The van der Waals surface area contributed by atoms with Crippen LogP contribution in [0.1, 0.15) is 5.56 Å². The second kappa shape index (κ2) is 7.69. The Kier molecular flexibility index (Phi) is 4.55. The molecule has 0 amide bonds. The van der Waals surface area contributed by atoms with Crippen LogP contribution in [0.15, 0.2) is 73.2 Å². The number of ether oxygens (including phenoxy) is 1. The van der Waals surface area contributed by atoms with Crippen LogP contribution < -0.4 is 0 Å². The van der Waals surface area contributed by atoms with Crippen molar-refractivity contribution in [2.45, 2.75) is 6.54 Å². The molecule has 0 atom stereocenters. The molecule has 1 fully saturated rings. The van der Waals surface area contributed by atoms with E-state index in [0.717, 1.165) is 55.0 Å². The van der Waals surface area contributed by atoms with Crippen molar-refractivity contribution in [3.05, 3.63) is 78.8 Å². The average Bonchev–Trinajstić information content (AvgIpc) is 3.46. The van der Waals surface area contributed by atoms with Crippen molar-refractivity contribution in [1.82, 2.24) is 19.9 Å². The highest BCUT2D eigenvalue weighted by Gasteiger charge is 2.12. The van der Waals surface area contributed by atoms with Gasteiger partial charge in [-0.25, -0.2) is 4.98 Å². The summed E-state index contributed by atoms with van der Waals surface area (Å²) >= 11 is 0. The summed E-state index contributed by atoms with van der Waals surface area (Å²) in [7, 11) is 0. The summed E-state index contributed by atoms with van der Waals surface area (Å²) in [5, 5.41) is 2.36. The fraction of sp³-hybridized carbons (Fsp3) is 0.192. The molecule has 0 aliphatic carbocycles. The minimum atomic E-state index is 0.833. The first-order valence-electron chi connectivity index (χ1n) is 10.8. The molecule has 5 aromatic rings. The van der Waals surface area contributed by atoms with Crippen LogP contribution in [0.4, 0.5) is 0 Å². The quantitative estimate of drug-likeness (QED) is 0.429. The molecule has 3 aromatic heterocycles. The number of hydrogen-bond donors (Lipinski definition) is 2. The highest BCUT2D eigenvalue weighted by molar-refractivity contribution is 5.98. The predicted octanol–water partition coefficient (Wildman–Crippen LogP) is 5.21. The zero-order valence-corrected chi connectivity index (χ0v) is 17.3. The van der Waals surface area contributed by atoms with Crippen molar-refractivity contribution >= 4 is 21.9 Å². The molecule has 4 heterocycles. The van der Waals surface area contributed by atoms with Gasteiger partial charge in [0.15, 0.2) is 0 Å². The molecule has 0 unspecified atom stereocenters. The van der Waals surface area contributed by atoms with Gasteiger partial charge in [0.25, 0.3) is 0 Å². The number of benzene rings is 2. The molecule has 0 spiro atoms. The zero-order valence-electron chi connectivity index (χ0n) is 17.3. The van der Waals surface area contributed by atoms with Crippen molar-refractivity contribution in [2.75, 3.05) is 26.3 Å². The second-order valence-corrected chi connectivity index (χ2v) is 8.19. The number of pyridine rings is 1. The number of rotatable bonds is 4. The number of H-pyrrole nitrogens is 2. The van der Waals surface area contributed by atoms with Gasteiger partial charge in [-0.15, -0.1) is 0 Å². The number of hydrogen-bond acceptors (Lipinski definition) is 3. The summed E-state index contributed by atoms with van der Waals surface area (Å²) in [4.78, 5) is 13.7. The molecular formula is C26H24N4O. The number of nitrogens with zero attached hydrogens (tertiary/aromatic N) is 2. The van der Waals surface area contributed by atoms with Gasteiger partial charge in [-0.05, 0) is 46.3 Å². The smallest absolute Gasteiger partial charge is 0.137 e. The van der Waals surface area contributed by atoms with Gasteiger partial charge in [0.2, 0.25) is 0 Å². The lowest BCUT2D eigenvalue weighted by molar-refractivity contribution is 0.0342. The number of morpholine rings is 1. The van der Waals surface area contributed by atoms with E-state index in [2.05, 4.69) is 80.6 Å². The van der Waals surface area contributed by atoms with E-state index in [1.165, 1.54) is 27.6 Å². The van der Waals surface area contributed by atoms with Crippen LogP contribution in [0.3, 0.4) is 0 Å². The van der Waals surface area contributed by atoms with Crippen LogP contribution in [0.2, 0.25) is 0 Å². The average molecular weight is 409 g/mol. The Hall–Kier alpha value is -3.41. The van der Waals surface area contributed by atoms with Gasteiger partial charge >= 0.3 is 0 Å². The van der Waals surface area contributed by atoms with Gasteiger partial charge in [-0.1, -0.05) is 30.3 Å². The molecule has 6 rings (SSSR count). The molecule has 0 radical (unpaired) electrons. The zero-order chi connectivity index (χ0) is 20.6. The minimum Gasteiger partial charge on any atom is -0.379 e. The Bertz CT molecular complexity index is 1340. The topological polar surface area (TPSA) is 56.9 Å². The fourth-order valence-corrected chi connectivity index (χ4v) is 4.44. The van der Waals surface area contributed by atoms with Crippen LogP contribution in [0, 0.1) is 0 Å². The molecule has 2 N–H and O–H groups in total. The Balaban J connectivity index is 1.31. The molecule has 0 bridgehead atoms. The molecule has 154 valence electrons. The summed E-state index contributed by atoms with van der Waals surface area (Å²) in [6.07, 6.45) is 5.99. The van der Waals surface area contributed by atoms with Gasteiger partial charge in [0.1, 0.15) is 5.65 Å². The third-order valence-corrected chi connectivity index (χ3v) is 6.19. The normalized spacial score (nSPS) is 15.1. The van der Waals surface area contributed by atoms with Gasteiger partial charge in [0, 0.05) is 60.3 Å². The number of fused-ring (bicyclic) bond motifs is 2. The van der Waals surface area contributed by atoms with E-state index < -0.39 is 0 Å². The maximum atomic E-state index is 5.45. The van der Waals surface area contributed by atoms with Gasteiger partial charge in [0.05, 0.1) is 13.2 Å².